The van der Waals surface area contributed by atoms with E-state index in [0.717, 1.165) is 35.7 Å². The van der Waals surface area contributed by atoms with Gasteiger partial charge >= 0.3 is 6.03 Å². The molecule has 0 unspecified atom stereocenters. The Hall–Kier alpha value is -2.49. The highest BCUT2D eigenvalue weighted by Crippen LogP contribution is 2.38. The van der Waals surface area contributed by atoms with Crippen LogP contribution in [0.2, 0.25) is 0 Å². The smallest absolute Gasteiger partial charge is 0.319 e. The van der Waals surface area contributed by atoms with Gasteiger partial charge in [0, 0.05) is 12.7 Å². The van der Waals surface area contributed by atoms with E-state index < -0.39 is 21.6 Å². The van der Waals surface area contributed by atoms with E-state index in [1.165, 1.54) is 50.6 Å². The lowest BCUT2D eigenvalue weighted by atomic mass is 9.88. The minimum atomic E-state index is -3.75. The first-order valence-corrected chi connectivity index (χ1v) is 10.7. The third-order valence-corrected chi connectivity index (χ3v) is 6.91. The second kappa shape index (κ2) is 8.48. The molecule has 1 aliphatic carbocycles. The molecule has 0 radical (unpaired) electrons. The van der Waals surface area contributed by atoms with Crippen molar-refractivity contribution in [3.63, 3.8) is 0 Å². The van der Waals surface area contributed by atoms with Crippen LogP contribution in [0, 0.1) is 5.82 Å². The van der Waals surface area contributed by atoms with Crippen LogP contribution >= 0.6 is 0 Å². The number of urea groups is 1. The van der Waals surface area contributed by atoms with E-state index in [2.05, 4.69) is 10.6 Å². The zero-order valence-electron chi connectivity index (χ0n) is 16.3. The van der Waals surface area contributed by atoms with Crippen molar-refractivity contribution in [2.75, 3.05) is 19.5 Å². The van der Waals surface area contributed by atoms with Gasteiger partial charge in [0.05, 0.1) is 17.5 Å². The first-order chi connectivity index (χ1) is 13.8. The summed E-state index contributed by atoms with van der Waals surface area (Å²) in [5.41, 5.74) is 0.784. The summed E-state index contributed by atoms with van der Waals surface area (Å²) < 4.78 is 38.5. The van der Waals surface area contributed by atoms with Crippen molar-refractivity contribution in [1.29, 1.82) is 0 Å². The van der Waals surface area contributed by atoms with Crippen LogP contribution in [0.25, 0.3) is 0 Å². The van der Waals surface area contributed by atoms with Gasteiger partial charge in [-0.15, -0.1) is 0 Å². The molecule has 2 amide bonds. The number of rotatable bonds is 6. The number of nitrogens with zero attached hydrogens (tertiary/aromatic N) is 1. The van der Waals surface area contributed by atoms with Gasteiger partial charge in [-0.2, -0.15) is 0 Å². The molecule has 1 saturated carbocycles. The van der Waals surface area contributed by atoms with Crippen LogP contribution in [0.4, 0.5) is 14.9 Å². The van der Waals surface area contributed by atoms with Crippen LogP contribution < -0.4 is 10.6 Å². The molecule has 156 valence electrons. The van der Waals surface area contributed by atoms with Crippen LogP contribution in [0.3, 0.4) is 0 Å². The molecular formula is C20H24FN3O4S. The second-order valence-corrected chi connectivity index (χ2v) is 8.93. The highest BCUT2D eigenvalue weighted by Gasteiger charge is 2.37. The topological polar surface area (TPSA) is 87.7 Å². The molecular weight excluding hydrogens is 397 g/mol. The number of hydrogen-bond acceptors (Lipinski definition) is 4. The quantitative estimate of drug-likeness (QED) is 0.698. The maximum Gasteiger partial charge on any atom is 0.319 e. The van der Waals surface area contributed by atoms with E-state index in [-0.39, 0.29) is 10.7 Å². The van der Waals surface area contributed by atoms with Crippen molar-refractivity contribution in [3.05, 3.63) is 59.9 Å². The summed E-state index contributed by atoms with van der Waals surface area (Å²) in [7, 11) is -1.19. The average Bonchev–Trinajstić information content (AvgIpc) is 3.17. The molecule has 0 bridgehead atoms. The summed E-state index contributed by atoms with van der Waals surface area (Å²) in [6.45, 7) is 0. The molecule has 0 aliphatic heterocycles. The SMILES string of the molecule is CON(C)S(=O)(=O)c1ccc(NC(=O)NC2(c3ccc(F)cc3)CCCC2)cc1. The largest absolute Gasteiger partial charge is 0.328 e. The minimum Gasteiger partial charge on any atom is -0.328 e. The molecule has 29 heavy (non-hydrogen) atoms. The lowest BCUT2D eigenvalue weighted by Gasteiger charge is -2.31. The first-order valence-electron chi connectivity index (χ1n) is 9.25. The number of nitrogens with one attached hydrogen (secondary N) is 2. The maximum atomic E-state index is 13.3. The fourth-order valence-corrected chi connectivity index (χ4v) is 4.54. The molecule has 7 nitrogen and oxygen atoms in total. The van der Waals surface area contributed by atoms with Crippen molar-refractivity contribution in [2.45, 2.75) is 36.1 Å². The van der Waals surface area contributed by atoms with Gasteiger partial charge in [0.2, 0.25) is 0 Å². The number of carbonyl (C=O) groups excluding carboxylic acids is 1. The van der Waals surface area contributed by atoms with Crippen molar-refractivity contribution in [2.24, 2.45) is 0 Å². The van der Waals surface area contributed by atoms with Gasteiger partial charge in [0.15, 0.2) is 0 Å². The molecule has 2 aromatic carbocycles. The van der Waals surface area contributed by atoms with Gasteiger partial charge in [-0.1, -0.05) is 29.4 Å². The molecule has 0 heterocycles. The van der Waals surface area contributed by atoms with Crippen molar-refractivity contribution in [1.82, 2.24) is 9.79 Å². The monoisotopic (exact) mass is 421 g/mol. The van der Waals surface area contributed by atoms with Gasteiger partial charge in [0.25, 0.3) is 10.0 Å². The molecule has 2 N–H and O–H groups in total. The van der Waals surface area contributed by atoms with Crippen molar-refractivity contribution in [3.8, 4) is 0 Å². The van der Waals surface area contributed by atoms with Gasteiger partial charge in [-0.05, 0) is 54.8 Å². The summed E-state index contributed by atoms with van der Waals surface area (Å²) in [5.74, 6) is -0.319. The third kappa shape index (κ3) is 4.58. The molecule has 1 aliphatic rings. The van der Waals surface area contributed by atoms with E-state index in [4.69, 9.17) is 4.84 Å². The number of amides is 2. The number of carbonyl (C=O) groups is 1. The number of anilines is 1. The lowest BCUT2D eigenvalue weighted by molar-refractivity contribution is -0.0258. The molecule has 2 aromatic rings. The Morgan fingerprint density at radius 3 is 2.21 bits per heavy atom. The summed E-state index contributed by atoms with van der Waals surface area (Å²) in [5, 5.41) is 5.76. The van der Waals surface area contributed by atoms with Crippen LogP contribution in [0.15, 0.2) is 53.4 Å². The molecule has 0 aromatic heterocycles. The van der Waals surface area contributed by atoms with E-state index in [1.54, 1.807) is 12.1 Å². The number of hydrogen-bond donors (Lipinski definition) is 2. The Morgan fingerprint density at radius 1 is 1.07 bits per heavy atom. The molecule has 3 rings (SSSR count). The highest BCUT2D eigenvalue weighted by atomic mass is 32.2. The predicted octanol–water partition coefficient (Wildman–Crippen LogP) is 3.60. The molecule has 1 fully saturated rings. The summed E-state index contributed by atoms with van der Waals surface area (Å²) in [6, 6.07) is 11.6. The van der Waals surface area contributed by atoms with Crippen molar-refractivity contribution < 1.29 is 22.4 Å². The van der Waals surface area contributed by atoms with Crippen LogP contribution in [0.1, 0.15) is 31.2 Å². The Bertz CT molecular complexity index is 956. The van der Waals surface area contributed by atoms with Crippen molar-refractivity contribution >= 4 is 21.7 Å². The van der Waals surface area contributed by atoms with E-state index in [1.807, 2.05) is 0 Å². The number of sulfonamides is 1. The number of halogens is 1. The summed E-state index contributed by atoms with van der Waals surface area (Å²) >= 11 is 0. The Kier molecular flexibility index (Phi) is 6.21. The van der Waals surface area contributed by atoms with E-state index >= 15 is 0 Å². The fourth-order valence-electron chi connectivity index (χ4n) is 3.57. The van der Waals surface area contributed by atoms with Crippen LogP contribution in [0.5, 0.6) is 0 Å². The zero-order valence-corrected chi connectivity index (χ0v) is 17.1. The van der Waals surface area contributed by atoms with Crippen LogP contribution in [-0.2, 0) is 20.4 Å². The Labute approximate surface area is 169 Å². The number of benzene rings is 2. The Balaban J connectivity index is 1.72. The first kappa shape index (κ1) is 21.2. The average molecular weight is 421 g/mol. The standard InChI is InChI=1S/C20H24FN3O4S/c1-24(28-2)29(26,27)18-11-9-17(10-12-18)22-19(25)23-20(13-3-4-14-20)15-5-7-16(21)8-6-15/h5-12H,3-4,13-14H2,1-2H3,(H2,22,23,25). The molecule has 9 heteroatoms. The normalized spacial score (nSPS) is 16.0. The zero-order chi connectivity index (χ0) is 21.1. The molecule has 0 atom stereocenters. The summed E-state index contributed by atoms with van der Waals surface area (Å²) in [6.07, 6.45) is 3.48. The highest BCUT2D eigenvalue weighted by molar-refractivity contribution is 7.89. The van der Waals surface area contributed by atoms with E-state index in [0.29, 0.717) is 5.69 Å². The number of hydroxylamine groups is 1. The Morgan fingerprint density at radius 2 is 1.66 bits per heavy atom. The third-order valence-electron chi connectivity index (χ3n) is 5.21. The maximum absolute atomic E-state index is 13.3. The van der Waals surface area contributed by atoms with Gasteiger partial charge in [-0.25, -0.2) is 17.6 Å². The van der Waals surface area contributed by atoms with Gasteiger partial charge in [0.1, 0.15) is 5.82 Å². The van der Waals surface area contributed by atoms with E-state index in [9.17, 15) is 17.6 Å². The van der Waals surface area contributed by atoms with Crippen LogP contribution in [-0.4, -0.2) is 33.1 Å². The summed E-state index contributed by atoms with van der Waals surface area (Å²) in [4.78, 5) is 17.4. The lowest BCUT2D eigenvalue weighted by Crippen LogP contribution is -2.45. The molecule has 0 spiro atoms. The molecule has 0 saturated heterocycles. The minimum absolute atomic E-state index is 0.0476. The predicted molar refractivity (Wildman–Crippen MR) is 107 cm³/mol. The van der Waals surface area contributed by atoms with Gasteiger partial charge in [-0.3, -0.25) is 4.84 Å². The fraction of sp³-hybridized carbons (Fsp3) is 0.350. The second-order valence-electron chi connectivity index (χ2n) is 7.00. The van der Waals surface area contributed by atoms with Gasteiger partial charge < -0.3 is 10.6 Å².